The second-order valence-corrected chi connectivity index (χ2v) is 13.1. The lowest BCUT2D eigenvalue weighted by Crippen LogP contribution is -2.24. The Morgan fingerprint density at radius 3 is 1.47 bits per heavy atom. The summed E-state index contributed by atoms with van der Waals surface area (Å²) in [6, 6.07) is 23.5. The maximum absolute atomic E-state index is 12.8. The maximum atomic E-state index is 12.8. The molecule has 0 spiro atoms. The molecule has 0 saturated heterocycles. The number of ether oxygens (including phenoxy) is 5. The fraction of sp³-hybridized carbons (Fsp3) is 0.400. The molecule has 280 valence electrons. The molecule has 0 aromatic heterocycles. The number of hydrogen-bond donors (Lipinski definition) is 0. The summed E-state index contributed by atoms with van der Waals surface area (Å²) < 4.78 is 27.5. The van der Waals surface area contributed by atoms with Crippen LogP contribution in [0.3, 0.4) is 0 Å². The van der Waals surface area contributed by atoms with Crippen molar-refractivity contribution in [3.8, 4) is 23.3 Å². The zero-order valence-electron chi connectivity index (χ0n) is 30.7. The Morgan fingerprint density at radius 2 is 1.00 bits per heavy atom. The Morgan fingerprint density at radius 1 is 0.566 bits per heavy atom. The number of esters is 3. The van der Waals surface area contributed by atoms with Crippen molar-refractivity contribution in [2.24, 2.45) is 0 Å². The molecule has 0 aliphatic heterocycles. The summed E-state index contributed by atoms with van der Waals surface area (Å²) >= 11 is 0. The molecule has 1 saturated carbocycles. The lowest BCUT2D eigenvalue weighted by atomic mass is 9.82. The summed E-state index contributed by atoms with van der Waals surface area (Å²) in [7, 11) is 0. The van der Waals surface area contributed by atoms with Gasteiger partial charge in [-0.2, -0.15) is 0 Å². The average molecular weight is 721 g/mol. The Hall–Kier alpha value is -5.29. The van der Waals surface area contributed by atoms with Gasteiger partial charge in [0.05, 0.1) is 32.0 Å². The third kappa shape index (κ3) is 15.5. The predicted molar refractivity (Wildman–Crippen MR) is 206 cm³/mol. The van der Waals surface area contributed by atoms with Crippen molar-refractivity contribution in [1.82, 2.24) is 0 Å². The first kappa shape index (κ1) is 40.5. The van der Waals surface area contributed by atoms with Crippen LogP contribution in [0.5, 0.6) is 11.5 Å². The van der Waals surface area contributed by atoms with E-state index in [1.165, 1.54) is 17.7 Å². The molecular formula is C45H52O8. The summed E-state index contributed by atoms with van der Waals surface area (Å²) in [6.45, 7) is 8.84. The minimum atomic E-state index is -0.385. The highest BCUT2D eigenvalue weighted by Gasteiger charge is 2.25. The van der Waals surface area contributed by atoms with E-state index >= 15 is 0 Å². The van der Waals surface area contributed by atoms with Crippen LogP contribution in [-0.4, -0.2) is 50.4 Å². The van der Waals surface area contributed by atoms with Crippen molar-refractivity contribution >= 4 is 17.9 Å². The van der Waals surface area contributed by atoms with Crippen molar-refractivity contribution in [1.29, 1.82) is 0 Å². The van der Waals surface area contributed by atoms with E-state index < -0.39 is 0 Å². The van der Waals surface area contributed by atoms with Crippen LogP contribution in [0.2, 0.25) is 0 Å². The van der Waals surface area contributed by atoms with Gasteiger partial charge in [0, 0.05) is 23.3 Å². The van der Waals surface area contributed by atoms with Crippen molar-refractivity contribution < 1.29 is 38.1 Å². The van der Waals surface area contributed by atoms with Crippen LogP contribution >= 0.6 is 0 Å². The van der Waals surface area contributed by atoms with Crippen molar-refractivity contribution in [3.05, 3.63) is 120 Å². The fourth-order valence-corrected chi connectivity index (χ4v) is 6.00. The number of unbranched alkanes of at least 4 members (excludes halogenated alkanes) is 6. The van der Waals surface area contributed by atoms with Gasteiger partial charge in [0.1, 0.15) is 17.6 Å². The van der Waals surface area contributed by atoms with Gasteiger partial charge < -0.3 is 23.7 Å². The molecule has 3 aromatic carbocycles. The first-order valence-electron chi connectivity index (χ1n) is 18.8. The van der Waals surface area contributed by atoms with Crippen LogP contribution in [0.25, 0.3) is 0 Å². The van der Waals surface area contributed by atoms with Crippen LogP contribution < -0.4 is 9.47 Å². The summed E-state index contributed by atoms with van der Waals surface area (Å²) in [5, 5.41) is 0. The van der Waals surface area contributed by atoms with Gasteiger partial charge in [0.15, 0.2) is 0 Å². The van der Waals surface area contributed by atoms with E-state index in [1.54, 1.807) is 12.1 Å². The Balaban J connectivity index is 1.09. The molecule has 0 radical (unpaired) electrons. The zero-order chi connectivity index (χ0) is 37.5. The molecule has 0 N–H and O–H groups in total. The van der Waals surface area contributed by atoms with E-state index in [1.807, 2.05) is 36.4 Å². The second-order valence-electron chi connectivity index (χ2n) is 13.1. The van der Waals surface area contributed by atoms with Crippen molar-refractivity contribution in [2.45, 2.75) is 89.1 Å². The van der Waals surface area contributed by atoms with E-state index in [9.17, 15) is 14.4 Å². The molecule has 1 fully saturated rings. The zero-order valence-corrected chi connectivity index (χ0v) is 30.7. The molecule has 53 heavy (non-hydrogen) atoms. The van der Waals surface area contributed by atoms with Crippen LogP contribution in [0.4, 0.5) is 0 Å². The predicted octanol–water partition coefficient (Wildman–Crippen LogP) is 9.31. The molecule has 0 heterocycles. The number of carbonyl (C=O) groups excluding carboxylic acids is 3. The highest BCUT2D eigenvalue weighted by atomic mass is 16.5. The molecule has 1 aliphatic carbocycles. The minimum absolute atomic E-state index is 0.0797. The molecule has 0 atom stereocenters. The van der Waals surface area contributed by atoms with Crippen LogP contribution in [-0.2, 0) is 23.8 Å². The first-order chi connectivity index (χ1) is 25.9. The molecule has 1 aliphatic rings. The van der Waals surface area contributed by atoms with Gasteiger partial charge in [0.2, 0.25) is 0 Å². The number of rotatable bonds is 21. The summed E-state index contributed by atoms with van der Waals surface area (Å²) in [4.78, 5) is 34.9. The standard InChI is InChI=1S/C45H52O8/c1-3-43(46)51-33-11-7-5-9-31-49-40-25-17-36(18-26-40)14-13-35-15-19-37(20-16-35)38-21-29-42(30-22-38)53-45(48)39-23-27-41(28-24-39)50-32-10-6-8-12-34-52-44(47)4-2/h3-4,15-20,23-28,38,42H,1-2,5-12,21-22,29-34H2. The van der Waals surface area contributed by atoms with Gasteiger partial charge in [-0.15, -0.1) is 0 Å². The molecule has 8 heteroatoms. The summed E-state index contributed by atoms with van der Waals surface area (Å²) in [5.41, 5.74) is 3.72. The van der Waals surface area contributed by atoms with Crippen LogP contribution in [0.15, 0.2) is 98.1 Å². The largest absolute Gasteiger partial charge is 0.494 e. The van der Waals surface area contributed by atoms with Gasteiger partial charge in [-0.1, -0.05) is 37.1 Å². The van der Waals surface area contributed by atoms with E-state index in [-0.39, 0.29) is 24.0 Å². The van der Waals surface area contributed by atoms with Crippen molar-refractivity contribution in [3.63, 3.8) is 0 Å². The average Bonchev–Trinajstić information content (AvgIpc) is 3.20. The quantitative estimate of drug-likeness (QED) is 0.0353. The highest BCUT2D eigenvalue weighted by molar-refractivity contribution is 5.89. The normalized spacial score (nSPS) is 14.9. The number of benzene rings is 3. The Labute approximate surface area is 314 Å². The van der Waals surface area contributed by atoms with Crippen LogP contribution in [0.1, 0.15) is 110 Å². The molecule has 0 unspecified atom stereocenters. The molecule has 0 bridgehead atoms. The van der Waals surface area contributed by atoms with Gasteiger partial charge >= 0.3 is 17.9 Å². The lowest BCUT2D eigenvalue weighted by molar-refractivity contribution is -0.138. The van der Waals surface area contributed by atoms with Crippen LogP contribution in [0, 0.1) is 11.8 Å². The first-order valence-corrected chi connectivity index (χ1v) is 18.8. The smallest absolute Gasteiger partial charge is 0.338 e. The maximum Gasteiger partial charge on any atom is 0.338 e. The van der Waals surface area contributed by atoms with Gasteiger partial charge in [-0.3, -0.25) is 0 Å². The topological polar surface area (TPSA) is 97.4 Å². The van der Waals surface area contributed by atoms with E-state index in [0.29, 0.717) is 37.9 Å². The second kappa shape index (κ2) is 23.3. The Kier molecular flexibility index (Phi) is 17.8. The number of carbonyl (C=O) groups is 3. The molecular weight excluding hydrogens is 668 g/mol. The molecule has 8 nitrogen and oxygen atoms in total. The summed E-state index contributed by atoms with van der Waals surface area (Å²) in [6.07, 6.45) is 13.3. The fourth-order valence-electron chi connectivity index (χ4n) is 6.00. The molecule has 0 amide bonds. The third-order valence-corrected chi connectivity index (χ3v) is 9.06. The molecule has 4 rings (SSSR count). The van der Waals surface area contributed by atoms with Gasteiger partial charge in [-0.25, -0.2) is 14.4 Å². The van der Waals surface area contributed by atoms with Gasteiger partial charge in [0.25, 0.3) is 0 Å². The van der Waals surface area contributed by atoms with Gasteiger partial charge in [-0.05, 0) is 149 Å². The monoisotopic (exact) mass is 720 g/mol. The third-order valence-electron chi connectivity index (χ3n) is 9.06. The van der Waals surface area contributed by atoms with E-state index in [4.69, 9.17) is 23.7 Å². The lowest BCUT2D eigenvalue weighted by Gasteiger charge is -2.28. The minimum Gasteiger partial charge on any atom is -0.494 e. The van der Waals surface area contributed by atoms with E-state index in [2.05, 4.69) is 49.3 Å². The van der Waals surface area contributed by atoms with Crippen molar-refractivity contribution in [2.75, 3.05) is 26.4 Å². The summed E-state index contributed by atoms with van der Waals surface area (Å²) in [5.74, 6) is 7.44. The van der Waals surface area contributed by atoms with E-state index in [0.717, 1.165) is 99.7 Å². The highest BCUT2D eigenvalue weighted by Crippen LogP contribution is 2.34. The number of hydrogen-bond acceptors (Lipinski definition) is 8. The SMILES string of the molecule is C=CC(=O)OCCCCCCOc1ccc(C#Cc2ccc(C3CCC(OC(=O)c4ccc(OCCCCCCOC(=O)C=C)cc4)CC3)cc2)cc1. The molecule has 3 aromatic rings. The Bertz CT molecular complexity index is 1640.